The van der Waals surface area contributed by atoms with Crippen LogP contribution in [-0.2, 0) is 9.59 Å². The zero-order chi connectivity index (χ0) is 20.4. The van der Waals surface area contributed by atoms with E-state index in [9.17, 15) is 14.4 Å². The van der Waals surface area contributed by atoms with Crippen LogP contribution in [0.5, 0.6) is 0 Å². The molecule has 0 bridgehead atoms. The summed E-state index contributed by atoms with van der Waals surface area (Å²) in [6.07, 6.45) is 3.80. The normalized spacial score (nSPS) is 16.3. The molecule has 2 heterocycles. The van der Waals surface area contributed by atoms with E-state index in [0.29, 0.717) is 11.3 Å². The summed E-state index contributed by atoms with van der Waals surface area (Å²) in [5, 5.41) is 0. The lowest BCUT2D eigenvalue weighted by molar-refractivity contribution is -0.121. The summed E-state index contributed by atoms with van der Waals surface area (Å²) in [5.74, 6) is -1.10. The predicted molar refractivity (Wildman–Crippen MR) is 111 cm³/mol. The standard InChI is InChI=1S/C21H17BrN4O3/c22-15-5-9-17(10-6-15)26-19(27)13-18(21(26)29)23-24-20(28)14-3-7-16(8-4-14)25-11-1-2-12-25/h1-12,18,23H,13H2,(H,24,28)/t18-/m0/s1. The van der Waals surface area contributed by atoms with Crippen molar-refractivity contribution < 1.29 is 14.4 Å². The van der Waals surface area contributed by atoms with Crippen molar-refractivity contribution in [2.24, 2.45) is 0 Å². The Balaban J connectivity index is 1.38. The highest BCUT2D eigenvalue weighted by Gasteiger charge is 2.39. The first kappa shape index (κ1) is 19.1. The van der Waals surface area contributed by atoms with Gasteiger partial charge in [0.15, 0.2) is 0 Å². The number of nitrogens with zero attached hydrogens (tertiary/aromatic N) is 2. The van der Waals surface area contributed by atoms with Crippen molar-refractivity contribution in [2.45, 2.75) is 12.5 Å². The van der Waals surface area contributed by atoms with Gasteiger partial charge in [-0.3, -0.25) is 19.8 Å². The number of amides is 3. The van der Waals surface area contributed by atoms with Gasteiger partial charge in [0.25, 0.3) is 11.8 Å². The molecule has 1 atom stereocenters. The van der Waals surface area contributed by atoms with Gasteiger partial charge in [-0.2, -0.15) is 0 Å². The second-order valence-corrected chi connectivity index (χ2v) is 7.45. The second kappa shape index (κ2) is 8.02. The topological polar surface area (TPSA) is 83.4 Å². The monoisotopic (exact) mass is 452 g/mol. The smallest absolute Gasteiger partial charge is 0.265 e. The minimum Gasteiger partial charge on any atom is -0.324 e. The number of rotatable bonds is 5. The molecule has 2 N–H and O–H groups in total. The average Bonchev–Trinajstić information content (AvgIpc) is 3.36. The Morgan fingerprint density at radius 2 is 1.55 bits per heavy atom. The highest BCUT2D eigenvalue weighted by Crippen LogP contribution is 2.24. The number of carbonyl (C=O) groups excluding carboxylic acids is 3. The SMILES string of the molecule is O=C(NN[C@H]1CC(=O)N(c2ccc(Br)cc2)C1=O)c1ccc(-n2cccc2)cc1. The highest BCUT2D eigenvalue weighted by molar-refractivity contribution is 9.10. The third kappa shape index (κ3) is 3.98. The van der Waals surface area contributed by atoms with Crippen LogP contribution in [0.25, 0.3) is 5.69 Å². The van der Waals surface area contributed by atoms with E-state index in [1.54, 1.807) is 36.4 Å². The average molecular weight is 453 g/mol. The lowest BCUT2D eigenvalue weighted by atomic mass is 10.2. The first-order valence-corrected chi connectivity index (χ1v) is 9.74. The molecule has 0 radical (unpaired) electrons. The molecule has 0 spiro atoms. The van der Waals surface area contributed by atoms with Crippen LogP contribution in [0.1, 0.15) is 16.8 Å². The molecule has 29 heavy (non-hydrogen) atoms. The van der Waals surface area contributed by atoms with E-state index < -0.39 is 11.9 Å². The van der Waals surface area contributed by atoms with Crippen molar-refractivity contribution in [3.05, 3.63) is 83.1 Å². The first-order valence-electron chi connectivity index (χ1n) is 8.94. The summed E-state index contributed by atoms with van der Waals surface area (Å²) >= 11 is 3.33. The quantitative estimate of drug-likeness (QED) is 0.460. The number of hydrazine groups is 1. The Morgan fingerprint density at radius 3 is 2.21 bits per heavy atom. The van der Waals surface area contributed by atoms with Crippen LogP contribution < -0.4 is 15.8 Å². The molecular formula is C21H17BrN4O3. The molecule has 3 amide bonds. The lowest BCUT2D eigenvalue weighted by Gasteiger charge is -2.16. The van der Waals surface area contributed by atoms with Crippen molar-refractivity contribution in [3.8, 4) is 5.69 Å². The van der Waals surface area contributed by atoms with Crippen LogP contribution in [-0.4, -0.2) is 28.3 Å². The molecule has 1 aliphatic heterocycles. The third-order valence-electron chi connectivity index (χ3n) is 4.62. The summed E-state index contributed by atoms with van der Waals surface area (Å²) in [6, 6.07) is 17.0. The molecule has 2 aromatic carbocycles. The summed E-state index contributed by atoms with van der Waals surface area (Å²) in [7, 11) is 0. The van der Waals surface area contributed by atoms with Gasteiger partial charge in [0.05, 0.1) is 12.1 Å². The van der Waals surface area contributed by atoms with E-state index in [4.69, 9.17) is 0 Å². The first-order chi connectivity index (χ1) is 14.0. The number of carbonyl (C=O) groups is 3. The Bertz CT molecular complexity index is 1050. The van der Waals surface area contributed by atoms with Crippen LogP contribution in [0.2, 0.25) is 0 Å². The van der Waals surface area contributed by atoms with Crippen molar-refractivity contribution in [2.75, 3.05) is 4.90 Å². The molecule has 3 aromatic rings. The van der Waals surface area contributed by atoms with Crippen LogP contribution in [0, 0.1) is 0 Å². The molecule has 146 valence electrons. The largest absolute Gasteiger partial charge is 0.324 e. The van der Waals surface area contributed by atoms with Gasteiger partial charge < -0.3 is 4.57 Å². The Morgan fingerprint density at radius 1 is 0.931 bits per heavy atom. The van der Waals surface area contributed by atoms with Crippen LogP contribution in [0.3, 0.4) is 0 Å². The zero-order valence-electron chi connectivity index (χ0n) is 15.2. The molecule has 0 aliphatic carbocycles. The minimum atomic E-state index is -0.811. The van der Waals surface area contributed by atoms with E-state index in [2.05, 4.69) is 26.8 Å². The molecule has 1 fully saturated rings. The molecule has 7 nitrogen and oxygen atoms in total. The second-order valence-electron chi connectivity index (χ2n) is 6.54. The van der Waals surface area contributed by atoms with Gasteiger partial charge >= 0.3 is 0 Å². The Labute approximate surface area is 175 Å². The number of halogens is 1. The van der Waals surface area contributed by atoms with E-state index in [-0.39, 0.29) is 18.2 Å². The minimum absolute atomic E-state index is 0.0260. The fourth-order valence-corrected chi connectivity index (χ4v) is 3.39. The van der Waals surface area contributed by atoms with Crippen LogP contribution in [0.15, 0.2) is 77.5 Å². The van der Waals surface area contributed by atoms with E-state index >= 15 is 0 Å². The van der Waals surface area contributed by atoms with Crippen molar-refractivity contribution in [1.82, 2.24) is 15.4 Å². The summed E-state index contributed by atoms with van der Waals surface area (Å²) < 4.78 is 2.78. The van der Waals surface area contributed by atoms with Crippen LogP contribution >= 0.6 is 15.9 Å². The molecule has 8 heteroatoms. The van der Waals surface area contributed by atoms with Gasteiger partial charge in [0.1, 0.15) is 6.04 Å². The molecule has 1 saturated heterocycles. The summed E-state index contributed by atoms with van der Waals surface area (Å²) in [5.41, 5.74) is 7.08. The van der Waals surface area contributed by atoms with E-state index in [0.717, 1.165) is 15.1 Å². The van der Waals surface area contributed by atoms with Gasteiger partial charge in [0.2, 0.25) is 5.91 Å². The maximum Gasteiger partial charge on any atom is 0.265 e. The molecule has 4 rings (SSSR count). The molecule has 0 saturated carbocycles. The number of anilines is 1. The molecule has 1 aliphatic rings. The van der Waals surface area contributed by atoms with Gasteiger partial charge in [-0.25, -0.2) is 10.3 Å². The Hall–Kier alpha value is -3.23. The fourth-order valence-electron chi connectivity index (χ4n) is 3.12. The van der Waals surface area contributed by atoms with Crippen molar-refractivity contribution in [1.29, 1.82) is 0 Å². The van der Waals surface area contributed by atoms with E-state index in [1.165, 1.54) is 0 Å². The van der Waals surface area contributed by atoms with Crippen LogP contribution in [0.4, 0.5) is 5.69 Å². The number of hydrogen-bond acceptors (Lipinski definition) is 4. The highest BCUT2D eigenvalue weighted by atomic mass is 79.9. The molecular weight excluding hydrogens is 436 g/mol. The van der Waals surface area contributed by atoms with Crippen molar-refractivity contribution >= 4 is 39.3 Å². The summed E-state index contributed by atoms with van der Waals surface area (Å²) in [6.45, 7) is 0. The van der Waals surface area contributed by atoms with Gasteiger partial charge in [0, 0.05) is 28.1 Å². The summed E-state index contributed by atoms with van der Waals surface area (Å²) in [4.78, 5) is 38.4. The molecule has 0 unspecified atom stereocenters. The number of imide groups is 1. The lowest BCUT2D eigenvalue weighted by Crippen LogP contribution is -2.48. The van der Waals surface area contributed by atoms with Gasteiger partial charge in [-0.1, -0.05) is 15.9 Å². The Kier molecular flexibility index (Phi) is 5.28. The van der Waals surface area contributed by atoms with Crippen molar-refractivity contribution in [3.63, 3.8) is 0 Å². The fraction of sp³-hybridized carbons (Fsp3) is 0.0952. The molecule has 1 aromatic heterocycles. The number of benzene rings is 2. The maximum absolute atomic E-state index is 12.6. The van der Waals surface area contributed by atoms with E-state index in [1.807, 2.05) is 41.2 Å². The number of aromatic nitrogens is 1. The predicted octanol–water partition coefficient (Wildman–Crippen LogP) is 2.81. The zero-order valence-corrected chi connectivity index (χ0v) is 16.8. The van der Waals surface area contributed by atoms with Gasteiger partial charge in [-0.15, -0.1) is 0 Å². The number of hydrogen-bond donors (Lipinski definition) is 2. The maximum atomic E-state index is 12.6. The third-order valence-corrected chi connectivity index (χ3v) is 5.15. The number of nitrogens with one attached hydrogen (secondary N) is 2. The van der Waals surface area contributed by atoms with Gasteiger partial charge in [-0.05, 0) is 60.7 Å².